The summed E-state index contributed by atoms with van der Waals surface area (Å²) in [4.78, 5) is 24.6. The molecule has 0 bridgehead atoms. The summed E-state index contributed by atoms with van der Waals surface area (Å²) in [5.41, 5.74) is -1.61. The number of hydrogen-bond acceptors (Lipinski definition) is 4. The Bertz CT molecular complexity index is 890. The average Bonchev–Trinajstić information content (AvgIpc) is 3.06. The van der Waals surface area contributed by atoms with Crippen molar-refractivity contribution in [3.63, 3.8) is 0 Å². The molecule has 0 radical (unpaired) electrons. The lowest BCUT2D eigenvalue weighted by Crippen LogP contribution is -2.40. The molecule has 10 heteroatoms. The topological polar surface area (TPSA) is 75.5 Å². The Balaban J connectivity index is 1.96. The van der Waals surface area contributed by atoms with Gasteiger partial charge in [-0.05, 0) is 25.0 Å². The number of carbonyl (C=O) groups is 1. The van der Waals surface area contributed by atoms with Gasteiger partial charge in [0.15, 0.2) is 0 Å². The van der Waals surface area contributed by atoms with E-state index in [4.69, 9.17) is 9.26 Å². The Labute approximate surface area is 150 Å². The number of likely N-dealkylation sites (tertiary alicyclic amines) is 1. The number of benzene rings is 1. The highest BCUT2D eigenvalue weighted by Gasteiger charge is 2.38. The largest absolute Gasteiger partial charge is 0.453 e. The summed E-state index contributed by atoms with van der Waals surface area (Å²) >= 11 is 0. The van der Waals surface area contributed by atoms with Crippen molar-refractivity contribution in [3.05, 3.63) is 57.3 Å². The molecule has 6 nitrogen and oxygen atoms in total. The van der Waals surface area contributed by atoms with Crippen molar-refractivity contribution in [2.24, 2.45) is 0 Å². The van der Waals surface area contributed by atoms with Gasteiger partial charge in [-0.15, -0.1) is 0 Å². The number of piperidine rings is 1. The standard InChI is InChI=1S/C17H16F4N2O4/c1-26-16(25)23-5-4-9(14-8-15(24)22-27-14)6-13(23)11-3-2-10(7-12(11)18)17(19,20)21/h2-3,7-9,13H,4-6H2,1H3,(H,22,24). The molecule has 0 aliphatic carbocycles. The van der Waals surface area contributed by atoms with Gasteiger partial charge in [-0.3, -0.25) is 4.79 Å². The summed E-state index contributed by atoms with van der Waals surface area (Å²) in [7, 11) is 1.17. The molecule has 1 saturated heterocycles. The zero-order chi connectivity index (χ0) is 19.8. The van der Waals surface area contributed by atoms with Gasteiger partial charge < -0.3 is 14.2 Å². The van der Waals surface area contributed by atoms with Crippen molar-refractivity contribution < 1.29 is 31.6 Å². The van der Waals surface area contributed by atoms with Crippen molar-refractivity contribution >= 4 is 6.09 Å². The fourth-order valence-electron chi connectivity index (χ4n) is 3.33. The Hall–Kier alpha value is -2.78. The van der Waals surface area contributed by atoms with Gasteiger partial charge in [0.2, 0.25) is 0 Å². The molecule has 2 atom stereocenters. The summed E-state index contributed by atoms with van der Waals surface area (Å²) in [5.74, 6) is -1.03. The lowest BCUT2D eigenvalue weighted by Gasteiger charge is -2.38. The molecule has 3 rings (SSSR count). The fourth-order valence-corrected chi connectivity index (χ4v) is 3.33. The molecular weight excluding hydrogens is 372 g/mol. The van der Waals surface area contributed by atoms with Crippen LogP contribution in [-0.2, 0) is 10.9 Å². The molecular formula is C17H16F4N2O4. The second-order valence-corrected chi connectivity index (χ2v) is 6.25. The van der Waals surface area contributed by atoms with E-state index >= 15 is 0 Å². The van der Waals surface area contributed by atoms with Gasteiger partial charge >= 0.3 is 12.3 Å². The van der Waals surface area contributed by atoms with Crippen LogP contribution in [0.4, 0.5) is 22.4 Å². The summed E-state index contributed by atoms with van der Waals surface area (Å²) in [6, 6.07) is 2.60. The molecule has 0 saturated carbocycles. The number of rotatable bonds is 2. The van der Waals surface area contributed by atoms with E-state index < -0.39 is 35.3 Å². The Morgan fingerprint density at radius 3 is 2.63 bits per heavy atom. The summed E-state index contributed by atoms with van der Waals surface area (Å²) < 4.78 is 62.7. The molecule has 1 aromatic carbocycles. The number of nitrogens with zero attached hydrogens (tertiary/aromatic N) is 1. The van der Waals surface area contributed by atoms with Crippen LogP contribution >= 0.6 is 0 Å². The highest BCUT2D eigenvalue weighted by molar-refractivity contribution is 5.68. The molecule has 146 valence electrons. The SMILES string of the molecule is COC(=O)N1CCC(c2cc(=O)[nH]o2)CC1c1ccc(C(F)(F)F)cc1F. The van der Waals surface area contributed by atoms with E-state index in [9.17, 15) is 27.2 Å². The zero-order valence-corrected chi connectivity index (χ0v) is 14.2. The van der Waals surface area contributed by atoms with E-state index in [2.05, 4.69) is 5.16 Å². The maximum Gasteiger partial charge on any atom is 0.416 e. The number of hydrogen-bond donors (Lipinski definition) is 1. The lowest BCUT2D eigenvalue weighted by atomic mass is 9.85. The van der Waals surface area contributed by atoms with Crippen LogP contribution in [0, 0.1) is 5.82 Å². The first-order valence-corrected chi connectivity index (χ1v) is 8.10. The smallest absolute Gasteiger partial charge is 0.416 e. The van der Waals surface area contributed by atoms with Gasteiger partial charge in [-0.25, -0.2) is 9.18 Å². The molecule has 1 aromatic heterocycles. The van der Waals surface area contributed by atoms with Gasteiger partial charge in [-0.1, -0.05) is 6.07 Å². The predicted molar refractivity (Wildman–Crippen MR) is 84.6 cm³/mol. The second-order valence-electron chi connectivity index (χ2n) is 6.25. The van der Waals surface area contributed by atoms with Crippen LogP contribution in [0.2, 0.25) is 0 Å². The molecule has 1 fully saturated rings. The number of nitrogens with one attached hydrogen (secondary N) is 1. The van der Waals surface area contributed by atoms with Gasteiger partial charge in [0.05, 0.1) is 18.7 Å². The molecule has 2 unspecified atom stereocenters. The van der Waals surface area contributed by atoms with Crippen molar-refractivity contribution in [1.29, 1.82) is 0 Å². The highest BCUT2D eigenvalue weighted by Crippen LogP contribution is 2.41. The first kappa shape index (κ1) is 19.0. The third-order valence-electron chi connectivity index (χ3n) is 4.64. The number of H-pyrrole nitrogens is 1. The van der Waals surface area contributed by atoms with E-state index in [1.54, 1.807) is 0 Å². The Kier molecular flexibility index (Phi) is 4.99. The van der Waals surface area contributed by atoms with E-state index in [1.165, 1.54) is 18.1 Å². The normalized spacial score (nSPS) is 20.6. The third-order valence-corrected chi connectivity index (χ3v) is 4.64. The van der Waals surface area contributed by atoms with Gasteiger partial charge in [0, 0.05) is 24.1 Å². The fraction of sp³-hybridized carbons (Fsp3) is 0.412. The Morgan fingerprint density at radius 2 is 2.07 bits per heavy atom. The van der Waals surface area contributed by atoms with Crippen molar-refractivity contribution in [1.82, 2.24) is 10.1 Å². The monoisotopic (exact) mass is 388 g/mol. The van der Waals surface area contributed by atoms with Crippen molar-refractivity contribution in [2.75, 3.05) is 13.7 Å². The predicted octanol–water partition coefficient (Wildman–Crippen LogP) is 3.81. The molecule has 0 spiro atoms. The molecule has 1 N–H and O–H groups in total. The van der Waals surface area contributed by atoms with Crippen LogP contribution in [0.3, 0.4) is 0 Å². The van der Waals surface area contributed by atoms with E-state index in [0.717, 1.165) is 12.1 Å². The summed E-state index contributed by atoms with van der Waals surface area (Å²) in [6.07, 6.45) is -4.80. The van der Waals surface area contributed by atoms with Crippen LogP contribution < -0.4 is 5.56 Å². The van der Waals surface area contributed by atoms with E-state index in [-0.39, 0.29) is 24.4 Å². The molecule has 2 heterocycles. The number of alkyl halides is 3. The van der Waals surface area contributed by atoms with Gasteiger partial charge in [-0.2, -0.15) is 18.3 Å². The van der Waals surface area contributed by atoms with Crippen molar-refractivity contribution in [2.45, 2.75) is 31.0 Å². The van der Waals surface area contributed by atoms with E-state index in [0.29, 0.717) is 18.2 Å². The number of halogens is 4. The highest BCUT2D eigenvalue weighted by atomic mass is 19.4. The average molecular weight is 388 g/mol. The molecule has 1 aliphatic heterocycles. The lowest BCUT2D eigenvalue weighted by molar-refractivity contribution is -0.137. The first-order chi connectivity index (χ1) is 12.7. The summed E-state index contributed by atoms with van der Waals surface area (Å²) in [6.45, 7) is 0.164. The van der Waals surface area contributed by atoms with Crippen LogP contribution in [0.1, 0.15) is 41.7 Å². The molecule has 1 aliphatic rings. The number of aromatic nitrogens is 1. The summed E-state index contributed by atoms with van der Waals surface area (Å²) in [5, 5.41) is 2.17. The molecule has 2 aromatic rings. The number of ether oxygens (including phenoxy) is 1. The quantitative estimate of drug-likeness (QED) is 0.794. The van der Waals surface area contributed by atoms with Crippen LogP contribution in [-0.4, -0.2) is 29.8 Å². The van der Waals surface area contributed by atoms with Gasteiger partial charge in [0.25, 0.3) is 5.56 Å². The van der Waals surface area contributed by atoms with Crippen molar-refractivity contribution in [3.8, 4) is 0 Å². The number of methoxy groups -OCH3 is 1. The molecule has 1 amide bonds. The number of amides is 1. The first-order valence-electron chi connectivity index (χ1n) is 8.10. The minimum Gasteiger partial charge on any atom is -0.453 e. The number of carbonyl (C=O) groups excluding carboxylic acids is 1. The third kappa shape index (κ3) is 3.83. The van der Waals surface area contributed by atoms with Crippen LogP contribution in [0.5, 0.6) is 0 Å². The molecule has 27 heavy (non-hydrogen) atoms. The number of aromatic amines is 1. The minimum absolute atomic E-state index is 0.0593. The minimum atomic E-state index is -4.68. The van der Waals surface area contributed by atoms with Crippen LogP contribution in [0.25, 0.3) is 0 Å². The Morgan fingerprint density at radius 1 is 1.33 bits per heavy atom. The van der Waals surface area contributed by atoms with Crippen LogP contribution in [0.15, 0.2) is 33.6 Å². The maximum atomic E-state index is 14.5. The zero-order valence-electron chi connectivity index (χ0n) is 14.2. The second kappa shape index (κ2) is 7.09. The van der Waals surface area contributed by atoms with E-state index in [1.807, 2.05) is 0 Å². The maximum absolute atomic E-state index is 14.5. The van der Waals surface area contributed by atoms with Gasteiger partial charge in [0.1, 0.15) is 11.6 Å².